The molecule has 2 heterocycles. The van der Waals surface area contributed by atoms with Gasteiger partial charge >= 0.3 is 0 Å². The Morgan fingerprint density at radius 1 is 1.35 bits per heavy atom. The van der Waals surface area contributed by atoms with Crippen LogP contribution in [0.2, 0.25) is 0 Å². The Hall–Kier alpha value is -1.42. The standard InChI is InChI=1S/C12H15ClN4/c1-9(2)7-17-8-10(5-13)12(16-17)11-6-14-3-4-15-11/h3-4,6,8-9H,5,7H2,1-2H3. The van der Waals surface area contributed by atoms with Crippen LogP contribution in [0, 0.1) is 5.92 Å². The van der Waals surface area contributed by atoms with Crippen molar-refractivity contribution < 1.29 is 0 Å². The fourth-order valence-electron chi connectivity index (χ4n) is 1.67. The van der Waals surface area contributed by atoms with E-state index in [0.29, 0.717) is 11.8 Å². The Balaban J connectivity index is 2.36. The van der Waals surface area contributed by atoms with Gasteiger partial charge in [-0.2, -0.15) is 5.10 Å². The maximum atomic E-state index is 5.93. The third-order valence-electron chi connectivity index (χ3n) is 2.34. The Morgan fingerprint density at radius 3 is 2.76 bits per heavy atom. The quantitative estimate of drug-likeness (QED) is 0.784. The van der Waals surface area contributed by atoms with Gasteiger partial charge in [0, 0.05) is 30.7 Å². The van der Waals surface area contributed by atoms with Gasteiger partial charge in [-0.05, 0) is 5.92 Å². The number of rotatable bonds is 4. The lowest BCUT2D eigenvalue weighted by Gasteiger charge is -2.03. The molecule has 0 aliphatic carbocycles. The van der Waals surface area contributed by atoms with Gasteiger partial charge in [0.05, 0.1) is 12.1 Å². The molecule has 17 heavy (non-hydrogen) atoms. The topological polar surface area (TPSA) is 43.6 Å². The van der Waals surface area contributed by atoms with E-state index in [9.17, 15) is 0 Å². The van der Waals surface area contributed by atoms with E-state index < -0.39 is 0 Å². The molecule has 0 radical (unpaired) electrons. The van der Waals surface area contributed by atoms with Crippen molar-refractivity contribution in [1.82, 2.24) is 19.7 Å². The van der Waals surface area contributed by atoms with Gasteiger partial charge < -0.3 is 0 Å². The van der Waals surface area contributed by atoms with Gasteiger partial charge in [-0.15, -0.1) is 11.6 Å². The highest BCUT2D eigenvalue weighted by atomic mass is 35.5. The number of alkyl halides is 1. The molecule has 0 fully saturated rings. The summed E-state index contributed by atoms with van der Waals surface area (Å²) < 4.78 is 1.92. The molecule has 0 N–H and O–H groups in total. The lowest BCUT2D eigenvalue weighted by Crippen LogP contribution is -2.04. The summed E-state index contributed by atoms with van der Waals surface area (Å²) in [5.74, 6) is 0.983. The van der Waals surface area contributed by atoms with Crippen molar-refractivity contribution in [1.29, 1.82) is 0 Å². The Labute approximate surface area is 106 Å². The van der Waals surface area contributed by atoms with Crippen LogP contribution in [0.4, 0.5) is 0 Å². The predicted molar refractivity (Wildman–Crippen MR) is 67.6 cm³/mol. The third kappa shape index (κ3) is 2.82. The van der Waals surface area contributed by atoms with Gasteiger partial charge in [0.15, 0.2) is 0 Å². The van der Waals surface area contributed by atoms with Crippen molar-refractivity contribution >= 4 is 11.6 Å². The summed E-state index contributed by atoms with van der Waals surface area (Å²) in [6, 6.07) is 0. The molecule has 0 unspecified atom stereocenters. The van der Waals surface area contributed by atoms with Crippen LogP contribution in [0.5, 0.6) is 0 Å². The number of hydrogen-bond acceptors (Lipinski definition) is 3. The van der Waals surface area contributed by atoms with E-state index in [1.54, 1.807) is 18.6 Å². The van der Waals surface area contributed by atoms with E-state index in [4.69, 9.17) is 11.6 Å². The maximum Gasteiger partial charge on any atom is 0.117 e. The van der Waals surface area contributed by atoms with E-state index in [1.807, 2.05) is 10.9 Å². The largest absolute Gasteiger partial charge is 0.271 e. The lowest BCUT2D eigenvalue weighted by atomic mass is 10.2. The minimum atomic E-state index is 0.435. The highest BCUT2D eigenvalue weighted by Crippen LogP contribution is 2.21. The normalized spacial score (nSPS) is 11.1. The fourth-order valence-corrected chi connectivity index (χ4v) is 1.86. The predicted octanol–water partition coefficient (Wildman–Crippen LogP) is 2.73. The molecule has 2 aromatic heterocycles. The summed E-state index contributed by atoms with van der Waals surface area (Å²) in [5, 5.41) is 4.52. The first-order valence-electron chi connectivity index (χ1n) is 5.59. The van der Waals surface area contributed by atoms with Gasteiger partial charge in [0.25, 0.3) is 0 Å². The summed E-state index contributed by atoms with van der Waals surface area (Å²) in [7, 11) is 0. The van der Waals surface area contributed by atoms with Crippen molar-refractivity contribution in [2.45, 2.75) is 26.3 Å². The smallest absolute Gasteiger partial charge is 0.117 e. The summed E-state index contributed by atoms with van der Waals surface area (Å²) in [5.41, 5.74) is 2.59. The molecule has 0 aromatic carbocycles. The third-order valence-corrected chi connectivity index (χ3v) is 2.63. The van der Waals surface area contributed by atoms with E-state index in [0.717, 1.165) is 23.5 Å². The fraction of sp³-hybridized carbons (Fsp3) is 0.417. The number of hydrogen-bond donors (Lipinski definition) is 0. The average molecular weight is 251 g/mol. The van der Waals surface area contributed by atoms with Crippen molar-refractivity contribution in [3.63, 3.8) is 0 Å². The van der Waals surface area contributed by atoms with Crippen LogP contribution in [-0.2, 0) is 12.4 Å². The molecular weight excluding hydrogens is 236 g/mol. The van der Waals surface area contributed by atoms with Gasteiger partial charge in [0.2, 0.25) is 0 Å². The van der Waals surface area contributed by atoms with Gasteiger partial charge in [-0.25, -0.2) is 0 Å². The van der Waals surface area contributed by atoms with Crippen LogP contribution < -0.4 is 0 Å². The van der Waals surface area contributed by atoms with Crippen LogP contribution >= 0.6 is 11.6 Å². The van der Waals surface area contributed by atoms with E-state index >= 15 is 0 Å². The zero-order valence-corrected chi connectivity index (χ0v) is 10.7. The SMILES string of the molecule is CC(C)Cn1cc(CCl)c(-c2cnccn2)n1. The van der Waals surface area contributed by atoms with E-state index in [2.05, 4.69) is 28.9 Å². The molecule has 0 aliphatic rings. The molecule has 0 amide bonds. The Kier molecular flexibility index (Phi) is 3.74. The monoisotopic (exact) mass is 250 g/mol. The van der Waals surface area contributed by atoms with Crippen LogP contribution in [0.15, 0.2) is 24.8 Å². The second-order valence-corrected chi connectivity index (χ2v) is 4.61. The summed E-state index contributed by atoms with van der Waals surface area (Å²) in [6.45, 7) is 5.19. The van der Waals surface area contributed by atoms with Crippen LogP contribution in [0.1, 0.15) is 19.4 Å². The highest BCUT2D eigenvalue weighted by Gasteiger charge is 2.12. The van der Waals surface area contributed by atoms with Crippen molar-refractivity contribution in [3.05, 3.63) is 30.4 Å². The molecular formula is C12H15ClN4. The molecule has 0 aliphatic heterocycles. The van der Waals surface area contributed by atoms with Crippen LogP contribution in [0.3, 0.4) is 0 Å². The zero-order chi connectivity index (χ0) is 12.3. The molecule has 5 heteroatoms. The molecule has 2 rings (SSSR count). The summed E-state index contributed by atoms with van der Waals surface area (Å²) in [4.78, 5) is 8.30. The first kappa shape index (κ1) is 12.0. The molecule has 90 valence electrons. The van der Waals surface area contributed by atoms with Gasteiger partial charge in [0.1, 0.15) is 11.4 Å². The first-order chi connectivity index (χ1) is 8.20. The zero-order valence-electron chi connectivity index (χ0n) is 9.97. The molecule has 0 atom stereocenters. The Bertz CT molecular complexity index is 479. The highest BCUT2D eigenvalue weighted by molar-refractivity contribution is 6.17. The lowest BCUT2D eigenvalue weighted by molar-refractivity contribution is 0.484. The molecule has 0 spiro atoms. The van der Waals surface area contributed by atoms with E-state index in [1.165, 1.54) is 0 Å². The maximum absolute atomic E-state index is 5.93. The van der Waals surface area contributed by atoms with Gasteiger partial charge in [-0.1, -0.05) is 13.8 Å². The summed E-state index contributed by atoms with van der Waals surface area (Å²) in [6.07, 6.45) is 7.00. The van der Waals surface area contributed by atoms with Crippen LogP contribution in [0.25, 0.3) is 11.4 Å². The Morgan fingerprint density at radius 2 is 2.18 bits per heavy atom. The van der Waals surface area contributed by atoms with Gasteiger partial charge in [-0.3, -0.25) is 14.6 Å². The summed E-state index contributed by atoms with van der Waals surface area (Å²) >= 11 is 5.93. The molecule has 0 bridgehead atoms. The minimum absolute atomic E-state index is 0.435. The second kappa shape index (κ2) is 5.27. The number of aromatic nitrogens is 4. The first-order valence-corrected chi connectivity index (χ1v) is 6.13. The number of halogens is 1. The van der Waals surface area contributed by atoms with Crippen molar-refractivity contribution in [2.75, 3.05) is 0 Å². The molecule has 2 aromatic rings. The minimum Gasteiger partial charge on any atom is -0.271 e. The number of nitrogens with zero attached hydrogens (tertiary/aromatic N) is 4. The van der Waals surface area contributed by atoms with Crippen molar-refractivity contribution in [3.8, 4) is 11.4 Å². The molecule has 4 nitrogen and oxygen atoms in total. The molecule has 0 saturated carbocycles. The second-order valence-electron chi connectivity index (χ2n) is 4.34. The van der Waals surface area contributed by atoms with Crippen LogP contribution in [-0.4, -0.2) is 19.7 Å². The van der Waals surface area contributed by atoms with E-state index in [-0.39, 0.29) is 0 Å². The van der Waals surface area contributed by atoms with Crippen molar-refractivity contribution in [2.24, 2.45) is 5.92 Å². The average Bonchev–Trinajstić information content (AvgIpc) is 2.72. The molecule has 0 saturated heterocycles.